The summed E-state index contributed by atoms with van der Waals surface area (Å²) in [4.78, 5) is 0. The van der Waals surface area contributed by atoms with E-state index in [9.17, 15) is 0 Å². The van der Waals surface area contributed by atoms with Gasteiger partial charge in [-0.3, -0.25) is 0 Å². The highest BCUT2D eigenvalue weighted by atomic mass is 35.5. The van der Waals surface area contributed by atoms with Gasteiger partial charge in [-0.15, -0.1) is 11.6 Å². The number of halogens is 1. The normalized spacial score (nSPS) is 10.5. The zero-order valence-electron chi connectivity index (χ0n) is 11.4. The van der Waals surface area contributed by atoms with E-state index in [1.807, 2.05) is 12.1 Å². The molecule has 1 nitrogen and oxygen atoms in total. The fourth-order valence-corrected chi connectivity index (χ4v) is 2.22. The van der Waals surface area contributed by atoms with Crippen molar-refractivity contribution in [3.05, 3.63) is 53.6 Å². The Morgan fingerprint density at radius 1 is 1.00 bits per heavy atom. The lowest BCUT2D eigenvalue weighted by Gasteiger charge is -2.09. The molecule has 0 saturated heterocycles. The van der Waals surface area contributed by atoms with Crippen LogP contribution in [0.2, 0.25) is 0 Å². The number of aryl methyl sites for hydroxylation is 2. The molecule has 0 aliphatic heterocycles. The Labute approximate surface area is 120 Å². The van der Waals surface area contributed by atoms with Crippen molar-refractivity contribution in [3.63, 3.8) is 0 Å². The standard InChI is InChI=1S/C17H19ClO/c1-13-4-9-17(14(2)12-13)15-5-7-16(8-6-15)19-11-3-10-18/h4-9,12H,3,10-11H2,1-2H3. The average Bonchev–Trinajstić information content (AvgIpc) is 2.40. The molecule has 2 heteroatoms. The van der Waals surface area contributed by atoms with Crippen LogP contribution in [0.15, 0.2) is 42.5 Å². The zero-order chi connectivity index (χ0) is 13.7. The van der Waals surface area contributed by atoms with Gasteiger partial charge in [0, 0.05) is 5.88 Å². The predicted octanol–water partition coefficient (Wildman–Crippen LogP) is 4.98. The summed E-state index contributed by atoms with van der Waals surface area (Å²) < 4.78 is 5.60. The summed E-state index contributed by atoms with van der Waals surface area (Å²) >= 11 is 5.62. The smallest absolute Gasteiger partial charge is 0.119 e. The monoisotopic (exact) mass is 274 g/mol. The second-order valence-electron chi connectivity index (χ2n) is 4.73. The van der Waals surface area contributed by atoms with Gasteiger partial charge in [0.25, 0.3) is 0 Å². The number of benzene rings is 2. The van der Waals surface area contributed by atoms with E-state index in [-0.39, 0.29) is 0 Å². The van der Waals surface area contributed by atoms with Crippen LogP contribution in [0, 0.1) is 13.8 Å². The molecule has 0 spiro atoms. The van der Waals surface area contributed by atoms with Gasteiger partial charge < -0.3 is 4.74 Å². The summed E-state index contributed by atoms with van der Waals surface area (Å²) in [5, 5.41) is 0. The van der Waals surface area contributed by atoms with Crippen LogP contribution < -0.4 is 4.74 Å². The molecule has 0 N–H and O–H groups in total. The van der Waals surface area contributed by atoms with E-state index in [0.717, 1.165) is 12.2 Å². The molecule has 0 unspecified atom stereocenters. The number of hydrogen-bond acceptors (Lipinski definition) is 1. The third-order valence-electron chi connectivity index (χ3n) is 3.09. The molecule has 0 aromatic heterocycles. The quantitative estimate of drug-likeness (QED) is 0.552. The van der Waals surface area contributed by atoms with Gasteiger partial charge in [-0.05, 0) is 49.1 Å². The van der Waals surface area contributed by atoms with E-state index in [4.69, 9.17) is 16.3 Å². The van der Waals surface area contributed by atoms with Gasteiger partial charge in [-0.25, -0.2) is 0 Å². The molecule has 100 valence electrons. The molecule has 0 fully saturated rings. The Morgan fingerprint density at radius 2 is 1.74 bits per heavy atom. The van der Waals surface area contributed by atoms with Gasteiger partial charge in [-0.2, -0.15) is 0 Å². The summed E-state index contributed by atoms with van der Waals surface area (Å²) in [5.41, 5.74) is 5.10. The number of rotatable bonds is 5. The third kappa shape index (κ3) is 3.74. The highest BCUT2D eigenvalue weighted by molar-refractivity contribution is 6.17. The summed E-state index contributed by atoms with van der Waals surface area (Å²) in [6, 6.07) is 14.8. The van der Waals surface area contributed by atoms with E-state index in [0.29, 0.717) is 12.5 Å². The van der Waals surface area contributed by atoms with Crippen molar-refractivity contribution >= 4 is 11.6 Å². The molecule has 0 radical (unpaired) electrons. The first kappa shape index (κ1) is 14.0. The minimum atomic E-state index is 0.640. The highest BCUT2D eigenvalue weighted by Gasteiger charge is 2.02. The van der Waals surface area contributed by atoms with Gasteiger partial charge >= 0.3 is 0 Å². The largest absolute Gasteiger partial charge is 0.494 e. The molecule has 2 aromatic rings. The van der Waals surface area contributed by atoms with Crippen LogP contribution in [0.25, 0.3) is 11.1 Å². The first-order chi connectivity index (χ1) is 9.20. The van der Waals surface area contributed by atoms with Crippen LogP contribution in [0.1, 0.15) is 17.5 Å². The summed E-state index contributed by atoms with van der Waals surface area (Å²) in [6.45, 7) is 4.93. The van der Waals surface area contributed by atoms with Crippen LogP contribution in [-0.4, -0.2) is 12.5 Å². The van der Waals surface area contributed by atoms with E-state index in [1.54, 1.807) is 0 Å². The maximum Gasteiger partial charge on any atom is 0.119 e. The number of ether oxygens (including phenoxy) is 1. The molecule has 0 aliphatic rings. The van der Waals surface area contributed by atoms with Crippen molar-refractivity contribution in [2.45, 2.75) is 20.3 Å². The van der Waals surface area contributed by atoms with Crippen molar-refractivity contribution in [3.8, 4) is 16.9 Å². The minimum absolute atomic E-state index is 0.640. The Balaban J connectivity index is 2.13. The van der Waals surface area contributed by atoms with Crippen molar-refractivity contribution in [2.75, 3.05) is 12.5 Å². The lowest BCUT2D eigenvalue weighted by atomic mass is 9.99. The predicted molar refractivity (Wildman–Crippen MR) is 82.2 cm³/mol. The van der Waals surface area contributed by atoms with E-state index in [1.165, 1.54) is 22.3 Å². The molecule has 0 amide bonds. The molecule has 0 bridgehead atoms. The highest BCUT2D eigenvalue weighted by Crippen LogP contribution is 2.26. The van der Waals surface area contributed by atoms with Crippen LogP contribution >= 0.6 is 11.6 Å². The van der Waals surface area contributed by atoms with Crippen molar-refractivity contribution in [1.82, 2.24) is 0 Å². The first-order valence-corrected chi connectivity index (χ1v) is 7.10. The van der Waals surface area contributed by atoms with Crippen molar-refractivity contribution < 1.29 is 4.74 Å². The van der Waals surface area contributed by atoms with Crippen LogP contribution in [-0.2, 0) is 0 Å². The second-order valence-corrected chi connectivity index (χ2v) is 5.11. The molecule has 0 atom stereocenters. The molecule has 0 heterocycles. The molecule has 2 rings (SSSR count). The molecule has 0 aliphatic carbocycles. The molecule has 19 heavy (non-hydrogen) atoms. The maximum absolute atomic E-state index is 5.62. The fourth-order valence-electron chi connectivity index (χ4n) is 2.11. The molecule has 2 aromatic carbocycles. The van der Waals surface area contributed by atoms with Gasteiger partial charge in [0.05, 0.1) is 6.61 Å². The summed E-state index contributed by atoms with van der Waals surface area (Å²) in [6.07, 6.45) is 0.875. The topological polar surface area (TPSA) is 9.23 Å². The number of alkyl halides is 1. The Bertz CT molecular complexity index is 531. The fraction of sp³-hybridized carbons (Fsp3) is 0.294. The van der Waals surface area contributed by atoms with E-state index >= 15 is 0 Å². The average molecular weight is 275 g/mol. The number of hydrogen-bond donors (Lipinski definition) is 0. The van der Waals surface area contributed by atoms with Gasteiger partial charge in [0.1, 0.15) is 5.75 Å². The molecule has 0 saturated carbocycles. The third-order valence-corrected chi connectivity index (χ3v) is 3.36. The molecular formula is C17H19ClO. The lowest BCUT2D eigenvalue weighted by Crippen LogP contribution is -1.97. The van der Waals surface area contributed by atoms with Crippen LogP contribution in [0.3, 0.4) is 0 Å². The Morgan fingerprint density at radius 3 is 2.37 bits per heavy atom. The van der Waals surface area contributed by atoms with Crippen LogP contribution in [0.5, 0.6) is 5.75 Å². The van der Waals surface area contributed by atoms with Crippen molar-refractivity contribution in [2.24, 2.45) is 0 Å². The Hall–Kier alpha value is -1.47. The summed E-state index contributed by atoms with van der Waals surface area (Å²) in [5.74, 6) is 1.54. The van der Waals surface area contributed by atoms with E-state index < -0.39 is 0 Å². The minimum Gasteiger partial charge on any atom is -0.494 e. The van der Waals surface area contributed by atoms with Gasteiger partial charge in [0.15, 0.2) is 0 Å². The zero-order valence-corrected chi connectivity index (χ0v) is 12.2. The second kappa shape index (κ2) is 6.63. The molecular weight excluding hydrogens is 256 g/mol. The maximum atomic E-state index is 5.62. The van der Waals surface area contributed by atoms with E-state index in [2.05, 4.69) is 44.2 Å². The van der Waals surface area contributed by atoms with Gasteiger partial charge in [-0.1, -0.05) is 35.9 Å². The SMILES string of the molecule is Cc1ccc(-c2ccc(OCCCCl)cc2)c(C)c1. The van der Waals surface area contributed by atoms with Crippen LogP contribution in [0.4, 0.5) is 0 Å². The summed E-state index contributed by atoms with van der Waals surface area (Å²) in [7, 11) is 0. The first-order valence-electron chi connectivity index (χ1n) is 6.57. The van der Waals surface area contributed by atoms with Gasteiger partial charge in [0.2, 0.25) is 0 Å². The van der Waals surface area contributed by atoms with Crippen molar-refractivity contribution in [1.29, 1.82) is 0 Å². The Kier molecular flexibility index (Phi) is 4.86. The lowest BCUT2D eigenvalue weighted by molar-refractivity contribution is 0.318.